The van der Waals surface area contributed by atoms with E-state index in [1.807, 2.05) is 6.07 Å². The third kappa shape index (κ3) is 5.48. The first-order valence-corrected chi connectivity index (χ1v) is 16.6. The molecule has 0 aliphatic rings. The van der Waals surface area contributed by atoms with Gasteiger partial charge in [-0.2, -0.15) is 0 Å². The van der Waals surface area contributed by atoms with Crippen LogP contribution in [0, 0.1) is 6.92 Å². The first-order chi connectivity index (χ1) is 23.3. The van der Waals surface area contributed by atoms with Crippen LogP contribution in [0.3, 0.4) is 0 Å². The van der Waals surface area contributed by atoms with Gasteiger partial charge in [0.25, 0.3) is 0 Å². The molecule has 0 unspecified atom stereocenters. The SMILES string of the molecule is Cc1cccc(-c2nc(-c3ccccc3)cc(-c3cccc(-c4cccc(-n5c6ccccc6c6cc(C(C)(C)C)ccc65)c4)c3)n2)c1. The van der Waals surface area contributed by atoms with E-state index < -0.39 is 0 Å². The lowest BCUT2D eigenvalue weighted by atomic mass is 9.86. The van der Waals surface area contributed by atoms with E-state index in [4.69, 9.17) is 9.97 Å². The predicted molar refractivity (Wildman–Crippen MR) is 202 cm³/mol. The molecular weight excluding hydrogens is 583 g/mol. The van der Waals surface area contributed by atoms with Crippen LogP contribution in [0.1, 0.15) is 31.9 Å². The van der Waals surface area contributed by atoms with E-state index in [0.29, 0.717) is 0 Å². The Kier molecular flexibility index (Phi) is 7.26. The molecule has 0 saturated heterocycles. The van der Waals surface area contributed by atoms with E-state index in [-0.39, 0.29) is 5.41 Å². The summed E-state index contributed by atoms with van der Waals surface area (Å²) < 4.78 is 2.40. The summed E-state index contributed by atoms with van der Waals surface area (Å²) in [5, 5.41) is 2.56. The molecular formula is C45H37N3. The summed E-state index contributed by atoms with van der Waals surface area (Å²) in [5.41, 5.74) is 13.4. The van der Waals surface area contributed by atoms with Gasteiger partial charge in [-0.1, -0.05) is 129 Å². The number of fused-ring (bicyclic) bond motifs is 3. The highest BCUT2D eigenvalue weighted by Gasteiger charge is 2.18. The predicted octanol–water partition coefficient (Wildman–Crippen LogP) is 11.8. The fraction of sp³-hybridized carbons (Fsp3) is 0.111. The highest BCUT2D eigenvalue weighted by atomic mass is 15.0. The van der Waals surface area contributed by atoms with Gasteiger partial charge >= 0.3 is 0 Å². The molecule has 8 aromatic rings. The maximum absolute atomic E-state index is 5.11. The van der Waals surface area contributed by atoms with Crippen LogP contribution in [0.5, 0.6) is 0 Å². The van der Waals surface area contributed by atoms with Crippen molar-refractivity contribution in [1.29, 1.82) is 0 Å². The molecule has 0 bridgehead atoms. The van der Waals surface area contributed by atoms with Crippen molar-refractivity contribution in [3.05, 3.63) is 163 Å². The van der Waals surface area contributed by atoms with Crippen molar-refractivity contribution in [2.75, 3.05) is 0 Å². The molecule has 0 aliphatic heterocycles. The van der Waals surface area contributed by atoms with Crippen molar-refractivity contribution in [3.8, 4) is 50.7 Å². The maximum Gasteiger partial charge on any atom is 0.160 e. The summed E-state index contributed by atoms with van der Waals surface area (Å²) in [6, 6.07) is 54.1. The molecule has 6 aromatic carbocycles. The number of para-hydroxylation sites is 1. The Morgan fingerprint density at radius 3 is 1.88 bits per heavy atom. The van der Waals surface area contributed by atoms with Crippen LogP contribution in [-0.4, -0.2) is 14.5 Å². The van der Waals surface area contributed by atoms with Gasteiger partial charge in [-0.15, -0.1) is 0 Å². The van der Waals surface area contributed by atoms with Crippen molar-refractivity contribution in [2.45, 2.75) is 33.1 Å². The van der Waals surface area contributed by atoms with E-state index in [9.17, 15) is 0 Å². The lowest BCUT2D eigenvalue weighted by Crippen LogP contribution is -2.10. The monoisotopic (exact) mass is 619 g/mol. The van der Waals surface area contributed by atoms with Crippen molar-refractivity contribution in [1.82, 2.24) is 14.5 Å². The fourth-order valence-corrected chi connectivity index (χ4v) is 6.67. The lowest BCUT2D eigenvalue weighted by Gasteiger charge is -2.19. The largest absolute Gasteiger partial charge is 0.309 e. The van der Waals surface area contributed by atoms with Crippen molar-refractivity contribution in [3.63, 3.8) is 0 Å². The Balaban J connectivity index is 1.24. The first kappa shape index (κ1) is 29.6. The zero-order chi connectivity index (χ0) is 32.8. The molecule has 3 heteroatoms. The highest BCUT2D eigenvalue weighted by molar-refractivity contribution is 6.09. The number of nitrogens with zero attached hydrogens (tertiary/aromatic N) is 3. The topological polar surface area (TPSA) is 30.7 Å². The molecule has 0 amide bonds. The van der Waals surface area contributed by atoms with Gasteiger partial charge in [0.15, 0.2) is 5.82 Å². The van der Waals surface area contributed by atoms with E-state index in [1.54, 1.807) is 0 Å². The molecule has 0 aliphatic carbocycles. The van der Waals surface area contributed by atoms with E-state index in [2.05, 4.69) is 178 Å². The normalized spacial score (nSPS) is 11.8. The van der Waals surface area contributed by atoms with Gasteiger partial charge < -0.3 is 4.57 Å². The van der Waals surface area contributed by atoms with Crippen LogP contribution in [-0.2, 0) is 5.41 Å². The third-order valence-electron chi connectivity index (χ3n) is 9.21. The average Bonchev–Trinajstić information content (AvgIpc) is 3.45. The summed E-state index contributed by atoms with van der Waals surface area (Å²) in [5.74, 6) is 0.725. The Labute approximate surface area is 282 Å². The van der Waals surface area contributed by atoms with E-state index >= 15 is 0 Å². The Bertz CT molecular complexity index is 2440. The smallest absolute Gasteiger partial charge is 0.160 e. The number of benzene rings is 6. The minimum atomic E-state index is 0.0780. The Morgan fingerprint density at radius 2 is 1.08 bits per heavy atom. The van der Waals surface area contributed by atoms with Crippen LogP contribution < -0.4 is 0 Å². The van der Waals surface area contributed by atoms with Gasteiger partial charge in [-0.05, 0) is 77.6 Å². The second-order valence-corrected chi connectivity index (χ2v) is 13.7. The van der Waals surface area contributed by atoms with Gasteiger partial charge in [0.1, 0.15) is 0 Å². The van der Waals surface area contributed by atoms with Crippen LogP contribution >= 0.6 is 0 Å². The first-order valence-electron chi connectivity index (χ1n) is 16.6. The molecule has 0 spiro atoms. The van der Waals surface area contributed by atoms with Crippen LogP contribution in [0.15, 0.2) is 152 Å². The molecule has 0 fully saturated rings. The molecule has 0 N–H and O–H groups in total. The molecule has 2 heterocycles. The maximum atomic E-state index is 5.11. The molecule has 3 nitrogen and oxygen atoms in total. The van der Waals surface area contributed by atoms with Gasteiger partial charge in [-0.3, -0.25) is 0 Å². The van der Waals surface area contributed by atoms with Crippen molar-refractivity contribution < 1.29 is 0 Å². The molecule has 232 valence electrons. The molecule has 0 saturated carbocycles. The highest BCUT2D eigenvalue weighted by Crippen LogP contribution is 2.37. The number of aryl methyl sites for hydroxylation is 1. The molecule has 48 heavy (non-hydrogen) atoms. The van der Waals surface area contributed by atoms with E-state index in [0.717, 1.165) is 50.7 Å². The molecule has 8 rings (SSSR count). The van der Waals surface area contributed by atoms with Crippen LogP contribution in [0.2, 0.25) is 0 Å². The lowest BCUT2D eigenvalue weighted by molar-refractivity contribution is 0.591. The molecule has 0 atom stereocenters. The minimum Gasteiger partial charge on any atom is -0.309 e. The molecule has 0 radical (unpaired) electrons. The average molecular weight is 620 g/mol. The number of rotatable bonds is 5. The fourth-order valence-electron chi connectivity index (χ4n) is 6.67. The molecule has 2 aromatic heterocycles. The number of hydrogen-bond donors (Lipinski definition) is 0. The summed E-state index contributed by atoms with van der Waals surface area (Å²) in [4.78, 5) is 10.1. The Hall–Kier alpha value is -5.80. The zero-order valence-electron chi connectivity index (χ0n) is 27.8. The second kappa shape index (κ2) is 11.8. The van der Waals surface area contributed by atoms with Gasteiger partial charge in [0, 0.05) is 33.2 Å². The summed E-state index contributed by atoms with van der Waals surface area (Å²) in [7, 11) is 0. The second-order valence-electron chi connectivity index (χ2n) is 13.7. The third-order valence-corrected chi connectivity index (χ3v) is 9.21. The Morgan fingerprint density at radius 1 is 0.458 bits per heavy atom. The van der Waals surface area contributed by atoms with E-state index in [1.165, 1.54) is 32.9 Å². The quantitative estimate of drug-likeness (QED) is 0.192. The van der Waals surface area contributed by atoms with Gasteiger partial charge in [-0.25, -0.2) is 9.97 Å². The number of hydrogen-bond acceptors (Lipinski definition) is 2. The van der Waals surface area contributed by atoms with Crippen LogP contribution in [0.25, 0.3) is 72.5 Å². The van der Waals surface area contributed by atoms with Crippen molar-refractivity contribution in [2.24, 2.45) is 0 Å². The zero-order valence-corrected chi connectivity index (χ0v) is 27.8. The number of aromatic nitrogens is 3. The minimum absolute atomic E-state index is 0.0780. The van der Waals surface area contributed by atoms with Gasteiger partial charge in [0.2, 0.25) is 0 Å². The summed E-state index contributed by atoms with van der Waals surface area (Å²) in [6.07, 6.45) is 0. The van der Waals surface area contributed by atoms with Gasteiger partial charge in [0.05, 0.1) is 22.4 Å². The summed E-state index contributed by atoms with van der Waals surface area (Å²) in [6.45, 7) is 8.93. The van der Waals surface area contributed by atoms with Crippen LogP contribution in [0.4, 0.5) is 0 Å². The standard InChI is InChI=1S/C45H37N3/c1-30-13-10-19-35(25-30)44-46-40(31-14-6-5-7-15-31)29-41(47-44)34-18-11-16-32(26-34)33-17-12-20-37(27-33)48-42-22-9-8-21-38(42)39-28-36(45(2,3)4)23-24-43(39)48/h5-29H,1-4H3. The van der Waals surface area contributed by atoms with Crippen molar-refractivity contribution >= 4 is 21.8 Å². The summed E-state index contributed by atoms with van der Waals surface area (Å²) >= 11 is 0.